The summed E-state index contributed by atoms with van der Waals surface area (Å²) in [6, 6.07) is 4.11. The average molecular weight is 332 g/mol. The van der Waals surface area contributed by atoms with Crippen molar-refractivity contribution in [1.29, 1.82) is 0 Å². The van der Waals surface area contributed by atoms with Crippen LogP contribution in [0.5, 0.6) is 0 Å². The minimum Gasteiger partial charge on any atom is -0.465 e. The monoisotopic (exact) mass is 331 g/mol. The lowest BCUT2D eigenvalue weighted by Gasteiger charge is -2.30. The number of halogens is 1. The summed E-state index contributed by atoms with van der Waals surface area (Å²) in [5, 5.41) is 0.174. The van der Waals surface area contributed by atoms with Gasteiger partial charge in [0.25, 0.3) is 0 Å². The van der Waals surface area contributed by atoms with Crippen LogP contribution in [0.2, 0.25) is 5.02 Å². The van der Waals surface area contributed by atoms with Gasteiger partial charge in [-0.3, -0.25) is 0 Å². The number of benzene rings is 1. The quantitative estimate of drug-likeness (QED) is 0.798. The van der Waals surface area contributed by atoms with Crippen LogP contribution in [0.4, 0.5) is 0 Å². The van der Waals surface area contributed by atoms with Crippen LogP contribution in [-0.2, 0) is 14.8 Å². The second kappa shape index (κ2) is 6.34. The van der Waals surface area contributed by atoms with Gasteiger partial charge in [0.05, 0.1) is 22.6 Å². The van der Waals surface area contributed by atoms with E-state index in [2.05, 4.69) is 4.74 Å². The molecule has 0 N–H and O–H groups in total. The third-order valence-corrected chi connectivity index (χ3v) is 5.79. The molecule has 1 aromatic carbocycles. The van der Waals surface area contributed by atoms with Crippen LogP contribution >= 0.6 is 11.6 Å². The summed E-state index contributed by atoms with van der Waals surface area (Å²) in [6.07, 6.45) is 1.87. The highest BCUT2D eigenvalue weighted by Crippen LogP contribution is 2.26. The molecular weight excluding hydrogens is 314 g/mol. The predicted molar refractivity (Wildman–Crippen MR) is 79.9 cm³/mol. The Morgan fingerprint density at radius 2 is 2.14 bits per heavy atom. The number of hydrogen-bond acceptors (Lipinski definition) is 4. The maximum absolute atomic E-state index is 12.6. The van der Waals surface area contributed by atoms with Crippen molar-refractivity contribution in [3.8, 4) is 0 Å². The summed E-state index contributed by atoms with van der Waals surface area (Å²) >= 11 is 5.92. The number of esters is 1. The number of carbonyl (C=O) groups is 1. The van der Waals surface area contributed by atoms with Gasteiger partial charge in [0.1, 0.15) is 0 Å². The smallest absolute Gasteiger partial charge is 0.339 e. The molecule has 1 heterocycles. The molecule has 5 nitrogen and oxygen atoms in total. The lowest BCUT2D eigenvalue weighted by Crippen LogP contribution is -2.39. The van der Waals surface area contributed by atoms with Gasteiger partial charge in [-0.2, -0.15) is 4.31 Å². The SMILES string of the molecule is COC(=O)c1cc(S(=O)(=O)N2CCCC(C)C2)ccc1Cl. The van der Waals surface area contributed by atoms with Crippen molar-refractivity contribution in [2.24, 2.45) is 5.92 Å². The van der Waals surface area contributed by atoms with E-state index in [0.717, 1.165) is 12.8 Å². The van der Waals surface area contributed by atoms with E-state index in [4.69, 9.17) is 11.6 Å². The summed E-state index contributed by atoms with van der Waals surface area (Å²) in [5.41, 5.74) is 0.0605. The molecular formula is C14H18ClNO4S. The molecule has 21 heavy (non-hydrogen) atoms. The Bertz CT molecular complexity index is 644. The van der Waals surface area contributed by atoms with E-state index in [1.54, 1.807) is 0 Å². The molecule has 1 atom stereocenters. The number of carbonyl (C=O) groups excluding carboxylic acids is 1. The van der Waals surface area contributed by atoms with Crippen molar-refractivity contribution in [2.75, 3.05) is 20.2 Å². The summed E-state index contributed by atoms with van der Waals surface area (Å²) in [5.74, 6) is -0.315. The van der Waals surface area contributed by atoms with Gasteiger partial charge >= 0.3 is 5.97 Å². The molecule has 1 aliphatic rings. The highest BCUT2D eigenvalue weighted by molar-refractivity contribution is 7.89. The minimum absolute atomic E-state index is 0.0605. The number of rotatable bonds is 3. The summed E-state index contributed by atoms with van der Waals surface area (Å²) < 4.78 is 31.4. The highest BCUT2D eigenvalue weighted by atomic mass is 35.5. The van der Waals surface area contributed by atoms with E-state index in [1.165, 1.54) is 29.6 Å². The fourth-order valence-electron chi connectivity index (χ4n) is 2.44. The molecule has 0 radical (unpaired) electrons. The largest absolute Gasteiger partial charge is 0.465 e. The molecule has 7 heteroatoms. The number of nitrogens with zero attached hydrogens (tertiary/aromatic N) is 1. The molecule has 0 bridgehead atoms. The van der Waals surface area contributed by atoms with Crippen molar-refractivity contribution in [3.63, 3.8) is 0 Å². The normalized spacial score (nSPS) is 20.2. The van der Waals surface area contributed by atoms with Crippen molar-refractivity contribution in [1.82, 2.24) is 4.31 Å². The number of ether oxygens (including phenoxy) is 1. The van der Waals surface area contributed by atoms with E-state index >= 15 is 0 Å². The Labute approximate surface area is 129 Å². The van der Waals surface area contributed by atoms with Gasteiger partial charge in [-0.05, 0) is 37.0 Å². The van der Waals surface area contributed by atoms with Gasteiger partial charge in [-0.25, -0.2) is 13.2 Å². The molecule has 0 aliphatic carbocycles. The van der Waals surface area contributed by atoms with Crippen LogP contribution in [0, 0.1) is 5.92 Å². The number of methoxy groups -OCH3 is 1. The van der Waals surface area contributed by atoms with Gasteiger partial charge in [-0.1, -0.05) is 18.5 Å². The summed E-state index contributed by atoms with van der Waals surface area (Å²) in [7, 11) is -2.38. The zero-order valence-corrected chi connectivity index (χ0v) is 13.6. The first-order valence-electron chi connectivity index (χ1n) is 6.74. The van der Waals surface area contributed by atoms with Crippen molar-refractivity contribution in [3.05, 3.63) is 28.8 Å². The molecule has 1 saturated heterocycles. The highest BCUT2D eigenvalue weighted by Gasteiger charge is 2.29. The standard InChI is InChI=1S/C14H18ClNO4S/c1-10-4-3-7-16(9-10)21(18,19)11-5-6-13(15)12(8-11)14(17)20-2/h5-6,8,10H,3-4,7,9H2,1-2H3. The van der Waals surface area contributed by atoms with Gasteiger partial charge in [0.15, 0.2) is 0 Å². The average Bonchev–Trinajstić information content (AvgIpc) is 2.46. The van der Waals surface area contributed by atoms with Crippen molar-refractivity contribution >= 4 is 27.6 Å². The zero-order valence-electron chi connectivity index (χ0n) is 12.0. The van der Waals surface area contributed by atoms with E-state index in [1.807, 2.05) is 6.92 Å². The molecule has 0 spiro atoms. The molecule has 1 unspecified atom stereocenters. The third kappa shape index (κ3) is 3.39. The summed E-state index contributed by atoms with van der Waals surface area (Å²) in [4.78, 5) is 11.7. The van der Waals surface area contributed by atoms with Gasteiger partial charge in [-0.15, -0.1) is 0 Å². The van der Waals surface area contributed by atoms with Gasteiger partial charge in [0.2, 0.25) is 10.0 Å². The van der Waals surface area contributed by atoms with E-state index < -0.39 is 16.0 Å². The second-order valence-corrected chi connectivity index (χ2v) is 7.59. The van der Waals surface area contributed by atoms with Gasteiger partial charge in [0, 0.05) is 13.1 Å². The van der Waals surface area contributed by atoms with Gasteiger partial charge < -0.3 is 4.74 Å². The zero-order chi connectivity index (χ0) is 15.6. The van der Waals surface area contributed by atoms with Crippen LogP contribution in [0.25, 0.3) is 0 Å². The van der Waals surface area contributed by atoms with Crippen LogP contribution in [0.15, 0.2) is 23.1 Å². The van der Waals surface area contributed by atoms with E-state index in [0.29, 0.717) is 19.0 Å². The Morgan fingerprint density at radius 3 is 2.76 bits per heavy atom. The number of sulfonamides is 1. The fourth-order valence-corrected chi connectivity index (χ4v) is 4.26. The topological polar surface area (TPSA) is 63.7 Å². The van der Waals surface area contributed by atoms with Crippen LogP contribution in [0.1, 0.15) is 30.1 Å². The first kappa shape index (κ1) is 16.3. The van der Waals surface area contributed by atoms with Crippen LogP contribution < -0.4 is 0 Å². The van der Waals surface area contributed by atoms with Crippen LogP contribution in [-0.4, -0.2) is 38.9 Å². The third-order valence-electron chi connectivity index (χ3n) is 3.60. The predicted octanol–water partition coefficient (Wildman–Crippen LogP) is 2.55. The molecule has 1 aliphatic heterocycles. The Kier molecular flexibility index (Phi) is 4.91. The molecule has 0 aromatic heterocycles. The molecule has 2 rings (SSSR count). The molecule has 116 valence electrons. The Balaban J connectivity index is 2.38. The first-order chi connectivity index (χ1) is 9.86. The van der Waals surface area contributed by atoms with E-state index in [9.17, 15) is 13.2 Å². The van der Waals surface area contributed by atoms with E-state index in [-0.39, 0.29) is 15.5 Å². The van der Waals surface area contributed by atoms with Crippen molar-refractivity contribution < 1.29 is 17.9 Å². The molecule has 1 fully saturated rings. The first-order valence-corrected chi connectivity index (χ1v) is 8.56. The maximum atomic E-state index is 12.6. The lowest BCUT2D eigenvalue weighted by molar-refractivity contribution is 0.0600. The molecule has 1 aromatic rings. The minimum atomic E-state index is -3.61. The fraction of sp³-hybridized carbons (Fsp3) is 0.500. The van der Waals surface area contributed by atoms with Crippen LogP contribution in [0.3, 0.4) is 0 Å². The number of piperidine rings is 1. The Hall–Kier alpha value is -1.11. The molecule has 0 saturated carbocycles. The second-order valence-electron chi connectivity index (χ2n) is 5.24. The number of hydrogen-bond donors (Lipinski definition) is 0. The van der Waals surface area contributed by atoms with Crippen molar-refractivity contribution in [2.45, 2.75) is 24.7 Å². The lowest BCUT2D eigenvalue weighted by atomic mass is 10.0. The summed E-state index contributed by atoms with van der Waals surface area (Å²) in [6.45, 7) is 3.03. The maximum Gasteiger partial charge on any atom is 0.339 e. The molecule has 0 amide bonds. The Morgan fingerprint density at radius 1 is 1.43 bits per heavy atom.